The topological polar surface area (TPSA) is 88.4 Å². The number of benzene rings is 2. The molecule has 0 aliphatic rings. The monoisotopic (exact) mass is 370 g/mol. The van der Waals surface area contributed by atoms with E-state index in [0.717, 1.165) is 5.56 Å². The summed E-state index contributed by atoms with van der Waals surface area (Å²) in [7, 11) is 1.57. The number of halogens is 1. The minimum absolute atomic E-state index is 0.258. The molecule has 0 bridgehead atoms. The van der Waals surface area contributed by atoms with Gasteiger partial charge in [-0.1, -0.05) is 23.7 Å². The van der Waals surface area contributed by atoms with Crippen LogP contribution in [-0.4, -0.2) is 25.6 Å². The van der Waals surface area contributed by atoms with Gasteiger partial charge in [-0.05, 0) is 42.0 Å². The molecule has 0 atom stereocenters. The van der Waals surface area contributed by atoms with E-state index in [0.29, 0.717) is 10.8 Å². The van der Waals surface area contributed by atoms with Crippen LogP contribution in [0.5, 0.6) is 5.75 Å². The van der Waals surface area contributed by atoms with E-state index >= 15 is 0 Å². The molecule has 0 aliphatic carbocycles. The van der Waals surface area contributed by atoms with Crippen LogP contribution in [0.15, 0.2) is 48.5 Å². The molecular weight excluding hydrogens is 356 g/mol. The van der Waals surface area contributed by atoms with Gasteiger partial charge in [0.15, 0.2) is 6.61 Å². The Morgan fingerprint density at radius 3 is 2.62 bits per heavy atom. The van der Waals surface area contributed by atoms with E-state index in [4.69, 9.17) is 26.3 Å². The van der Waals surface area contributed by atoms with E-state index in [1.165, 1.54) is 18.2 Å². The highest BCUT2D eigenvalue weighted by molar-refractivity contribution is 6.31. The van der Waals surface area contributed by atoms with Crippen LogP contribution < -0.4 is 10.1 Å². The van der Waals surface area contributed by atoms with Crippen LogP contribution in [0.2, 0.25) is 5.02 Å². The molecule has 26 heavy (non-hydrogen) atoms. The maximum atomic E-state index is 11.9. The van der Waals surface area contributed by atoms with Crippen LogP contribution >= 0.6 is 11.6 Å². The Kier molecular flexibility index (Phi) is 6.77. The van der Waals surface area contributed by atoms with Crippen LogP contribution in [0.25, 0.3) is 6.08 Å². The highest BCUT2D eigenvalue weighted by Gasteiger charge is 2.09. The SMILES string of the molecule is COc1ccc(/C=C/C(=O)OCC(=O)Nc2cc(Cl)ccc2C#N)cc1. The molecule has 0 saturated heterocycles. The van der Waals surface area contributed by atoms with Crippen molar-refractivity contribution in [2.45, 2.75) is 0 Å². The first-order chi connectivity index (χ1) is 12.5. The number of nitrogens with zero attached hydrogens (tertiary/aromatic N) is 1. The van der Waals surface area contributed by atoms with Gasteiger partial charge in [0.1, 0.15) is 11.8 Å². The van der Waals surface area contributed by atoms with Crippen LogP contribution in [0.3, 0.4) is 0 Å². The molecule has 0 fully saturated rings. The van der Waals surface area contributed by atoms with Crippen molar-refractivity contribution < 1.29 is 19.1 Å². The zero-order valence-corrected chi connectivity index (χ0v) is 14.6. The first kappa shape index (κ1) is 19.0. The minimum atomic E-state index is -0.664. The van der Waals surface area contributed by atoms with E-state index in [-0.39, 0.29) is 11.3 Å². The third-order valence-corrected chi connectivity index (χ3v) is 3.48. The second kappa shape index (κ2) is 9.25. The summed E-state index contributed by atoms with van der Waals surface area (Å²) in [6.45, 7) is -0.483. The number of carbonyl (C=O) groups is 2. The molecular formula is C19H15ClN2O4. The number of hydrogen-bond donors (Lipinski definition) is 1. The van der Waals surface area contributed by atoms with Gasteiger partial charge in [-0.3, -0.25) is 4.79 Å². The Bertz CT molecular complexity index is 870. The fourth-order valence-corrected chi connectivity index (χ4v) is 2.14. The minimum Gasteiger partial charge on any atom is -0.497 e. The standard InChI is InChI=1S/C19H15ClN2O4/c1-25-16-7-2-13(3-8-16)4-9-19(24)26-12-18(23)22-17-10-15(20)6-5-14(17)11-21/h2-10H,12H2,1H3,(H,22,23)/b9-4+. The Labute approximate surface area is 155 Å². The molecule has 0 spiro atoms. The van der Waals surface area contributed by atoms with Gasteiger partial charge in [-0.2, -0.15) is 5.26 Å². The van der Waals surface area contributed by atoms with Crippen LogP contribution in [-0.2, 0) is 14.3 Å². The lowest BCUT2D eigenvalue weighted by Gasteiger charge is -2.07. The number of hydrogen-bond acceptors (Lipinski definition) is 5. The summed E-state index contributed by atoms with van der Waals surface area (Å²) in [4.78, 5) is 23.5. The van der Waals surface area contributed by atoms with Gasteiger partial charge in [0.25, 0.3) is 5.91 Å². The van der Waals surface area contributed by atoms with Gasteiger partial charge in [-0.25, -0.2) is 4.79 Å². The van der Waals surface area contributed by atoms with Gasteiger partial charge in [-0.15, -0.1) is 0 Å². The molecule has 1 amide bonds. The fraction of sp³-hybridized carbons (Fsp3) is 0.105. The molecule has 6 nitrogen and oxygen atoms in total. The molecule has 1 N–H and O–H groups in total. The lowest BCUT2D eigenvalue weighted by molar-refractivity contribution is -0.142. The zero-order valence-electron chi connectivity index (χ0n) is 13.9. The third-order valence-electron chi connectivity index (χ3n) is 3.25. The zero-order chi connectivity index (χ0) is 18.9. The number of rotatable bonds is 6. The highest BCUT2D eigenvalue weighted by Crippen LogP contribution is 2.20. The average Bonchev–Trinajstić information content (AvgIpc) is 2.65. The predicted octanol–water partition coefficient (Wildman–Crippen LogP) is 3.42. The first-order valence-corrected chi connectivity index (χ1v) is 7.88. The number of nitrogens with one attached hydrogen (secondary N) is 1. The number of methoxy groups -OCH3 is 1. The van der Waals surface area contributed by atoms with Gasteiger partial charge in [0, 0.05) is 11.1 Å². The lowest BCUT2D eigenvalue weighted by atomic mass is 10.2. The Morgan fingerprint density at radius 1 is 1.23 bits per heavy atom. The Morgan fingerprint density at radius 2 is 1.96 bits per heavy atom. The van der Waals surface area contributed by atoms with Crippen molar-refractivity contribution in [1.29, 1.82) is 5.26 Å². The van der Waals surface area contributed by atoms with Crippen molar-refractivity contribution in [1.82, 2.24) is 0 Å². The summed E-state index contributed by atoms with van der Waals surface area (Å²) in [5, 5.41) is 11.9. The lowest BCUT2D eigenvalue weighted by Crippen LogP contribution is -2.20. The molecule has 0 radical (unpaired) electrons. The molecule has 0 aromatic heterocycles. The fourth-order valence-electron chi connectivity index (χ4n) is 1.97. The quantitative estimate of drug-likeness (QED) is 0.621. The van der Waals surface area contributed by atoms with Crippen molar-refractivity contribution in [2.75, 3.05) is 19.0 Å². The van der Waals surface area contributed by atoms with Crippen molar-refractivity contribution in [3.05, 3.63) is 64.7 Å². The van der Waals surface area contributed by atoms with Crippen molar-refractivity contribution in [3.63, 3.8) is 0 Å². The van der Waals surface area contributed by atoms with Crippen LogP contribution in [0, 0.1) is 11.3 Å². The van der Waals surface area contributed by atoms with Crippen molar-refractivity contribution in [2.24, 2.45) is 0 Å². The van der Waals surface area contributed by atoms with E-state index in [1.807, 2.05) is 6.07 Å². The summed E-state index contributed by atoms with van der Waals surface area (Å²) < 4.78 is 9.91. The molecule has 0 aliphatic heterocycles. The van der Waals surface area contributed by atoms with Gasteiger partial charge in [0.05, 0.1) is 18.4 Å². The second-order valence-electron chi connectivity index (χ2n) is 5.06. The number of esters is 1. The molecule has 0 unspecified atom stereocenters. The summed E-state index contributed by atoms with van der Waals surface area (Å²) in [5.41, 5.74) is 1.30. The smallest absolute Gasteiger partial charge is 0.331 e. The molecule has 7 heteroatoms. The Balaban J connectivity index is 1.86. The summed E-state index contributed by atoms with van der Waals surface area (Å²) in [5.74, 6) is -0.531. The molecule has 2 rings (SSSR count). The summed E-state index contributed by atoms with van der Waals surface area (Å²) in [6.07, 6.45) is 2.78. The van der Waals surface area contributed by atoms with Crippen LogP contribution in [0.1, 0.15) is 11.1 Å². The molecule has 0 heterocycles. The number of ether oxygens (including phenoxy) is 2. The molecule has 0 saturated carbocycles. The molecule has 132 valence electrons. The normalized spacial score (nSPS) is 10.2. The summed E-state index contributed by atoms with van der Waals surface area (Å²) >= 11 is 5.84. The first-order valence-electron chi connectivity index (χ1n) is 7.50. The highest BCUT2D eigenvalue weighted by atomic mass is 35.5. The Hall–Kier alpha value is -3.30. The predicted molar refractivity (Wildman–Crippen MR) is 97.8 cm³/mol. The number of carbonyl (C=O) groups excluding carboxylic acids is 2. The number of amides is 1. The van der Waals surface area contributed by atoms with Crippen LogP contribution in [0.4, 0.5) is 5.69 Å². The number of anilines is 1. The molecule has 2 aromatic carbocycles. The molecule has 2 aromatic rings. The second-order valence-corrected chi connectivity index (χ2v) is 5.50. The van der Waals surface area contributed by atoms with Gasteiger partial charge >= 0.3 is 5.97 Å². The van der Waals surface area contributed by atoms with Crippen molar-refractivity contribution >= 4 is 35.2 Å². The van der Waals surface area contributed by atoms with E-state index < -0.39 is 18.5 Å². The van der Waals surface area contributed by atoms with Gasteiger partial charge < -0.3 is 14.8 Å². The largest absolute Gasteiger partial charge is 0.497 e. The maximum absolute atomic E-state index is 11.9. The third kappa shape index (κ3) is 5.65. The van der Waals surface area contributed by atoms with Gasteiger partial charge in [0.2, 0.25) is 0 Å². The van der Waals surface area contributed by atoms with E-state index in [9.17, 15) is 9.59 Å². The van der Waals surface area contributed by atoms with E-state index in [1.54, 1.807) is 43.5 Å². The maximum Gasteiger partial charge on any atom is 0.331 e. The average molecular weight is 371 g/mol. The van der Waals surface area contributed by atoms with E-state index in [2.05, 4.69) is 5.32 Å². The number of nitriles is 1. The van der Waals surface area contributed by atoms with Crippen molar-refractivity contribution in [3.8, 4) is 11.8 Å². The summed E-state index contributed by atoms with van der Waals surface area (Å²) in [6, 6.07) is 13.5.